The molecule has 0 bridgehead atoms. The lowest BCUT2D eigenvalue weighted by atomic mass is 10.4. The van der Waals surface area contributed by atoms with Crippen LogP contribution in [0.2, 0.25) is 0 Å². The van der Waals surface area contributed by atoms with E-state index in [0.717, 1.165) is 12.9 Å². The molecule has 0 fully saturated rings. The SMILES string of the molecule is Nc1nc(-c2sccc2Br)ncc1I. The lowest BCUT2D eigenvalue weighted by Crippen LogP contribution is -1.97. The average molecular weight is 382 g/mol. The minimum Gasteiger partial charge on any atom is -0.383 e. The van der Waals surface area contributed by atoms with Crippen molar-refractivity contribution in [2.75, 3.05) is 5.73 Å². The molecule has 0 spiro atoms. The lowest BCUT2D eigenvalue weighted by Gasteiger charge is -2.00. The molecule has 0 atom stereocenters. The zero-order valence-electron chi connectivity index (χ0n) is 6.87. The van der Waals surface area contributed by atoms with Crippen molar-refractivity contribution >= 4 is 55.7 Å². The van der Waals surface area contributed by atoms with Crippen LogP contribution in [0.25, 0.3) is 10.7 Å². The Balaban J connectivity index is 2.53. The van der Waals surface area contributed by atoms with Gasteiger partial charge in [-0.05, 0) is 50.0 Å². The van der Waals surface area contributed by atoms with Crippen molar-refractivity contribution in [1.82, 2.24) is 9.97 Å². The number of nitrogen functional groups attached to an aromatic ring is 1. The van der Waals surface area contributed by atoms with Gasteiger partial charge in [0.2, 0.25) is 0 Å². The number of nitrogens with zero attached hydrogens (tertiary/aromatic N) is 2. The van der Waals surface area contributed by atoms with Crippen LogP contribution in [0.3, 0.4) is 0 Å². The van der Waals surface area contributed by atoms with Crippen LogP contribution in [0.5, 0.6) is 0 Å². The maximum Gasteiger partial charge on any atom is 0.172 e. The molecule has 72 valence electrons. The number of halogens is 2. The van der Waals surface area contributed by atoms with Crippen LogP contribution in [0.1, 0.15) is 0 Å². The Hall–Kier alpha value is -0.210. The van der Waals surface area contributed by atoms with Crippen LogP contribution in [-0.2, 0) is 0 Å². The van der Waals surface area contributed by atoms with Gasteiger partial charge in [-0.15, -0.1) is 11.3 Å². The monoisotopic (exact) mass is 381 g/mol. The fourth-order valence-corrected chi connectivity index (χ4v) is 2.69. The van der Waals surface area contributed by atoms with Crippen molar-refractivity contribution in [3.63, 3.8) is 0 Å². The quantitative estimate of drug-likeness (QED) is 0.772. The van der Waals surface area contributed by atoms with Gasteiger partial charge in [0, 0.05) is 10.7 Å². The van der Waals surface area contributed by atoms with E-state index in [4.69, 9.17) is 5.73 Å². The largest absolute Gasteiger partial charge is 0.383 e. The Morgan fingerprint density at radius 1 is 1.50 bits per heavy atom. The predicted molar refractivity (Wildman–Crippen MR) is 70.2 cm³/mol. The van der Waals surface area contributed by atoms with E-state index in [-0.39, 0.29) is 0 Å². The van der Waals surface area contributed by atoms with Gasteiger partial charge in [0.05, 0.1) is 8.45 Å². The third kappa shape index (κ3) is 1.91. The molecule has 2 aromatic rings. The molecule has 0 saturated carbocycles. The fraction of sp³-hybridized carbons (Fsp3) is 0. The number of nitrogens with two attached hydrogens (primary N) is 1. The van der Waals surface area contributed by atoms with Crippen molar-refractivity contribution in [2.24, 2.45) is 0 Å². The molecule has 2 N–H and O–H groups in total. The summed E-state index contributed by atoms with van der Waals surface area (Å²) in [6.45, 7) is 0. The first-order chi connectivity index (χ1) is 6.68. The minimum absolute atomic E-state index is 0.524. The highest BCUT2D eigenvalue weighted by atomic mass is 127. The standard InChI is InChI=1S/C8H5BrIN3S/c9-4-1-2-14-6(4)8-12-3-5(10)7(11)13-8/h1-3H,(H2,11,12,13). The Kier molecular flexibility index (Phi) is 3.03. The van der Waals surface area contributed by atoms with Crippen LogP contribution < -0.4 is 5.73 Å². The molecule has 2 aromatic heterocycles. The normalized spacial score (nSPS) is 10.4. The van der Waals surface area contributed by atoms with Crippen LogP contribution in [-0.4, -0.2) is 9.97 Å². The summed E-state index contributed by atoms with van der Waals surface area (Å²) in [6.07, 6.45) is 1.73. The van der Waals surface area contributed by atoms with Crippen molar-refractivity contribution in [3.05, 3.63) is 25.7 Å². The topological polar surface area (TPSA) is 51.8 Å². The van der Waals surface area contributed by atoms with Gasteiger partial charge in [-0.1, -0.05) is 0 Å². The molecule has 6 heteroatoms. The van der Waals surface area contributed by atoms with E-state index in [0.29, 0.717) is 11.6 Å². The highest BCUT2D eigenvalue weighted by Crippen LogP contribution is 2.31. The van der Waals surface area contributed by atoms with Gasteiger partial charge in [-0.2, -0.15) is 0 Å². The molecule has 0 aromatic carbocycles. The summed E-state index contributed by atoms with van der Waals surface area (Å²) in [5.74, 6) is 1.20. The molecule has 14 heavy (non-hydrogen) atoms. The summed E-state index contributed by atoms with van der Waals surface area (Å²) < 4.78 is 1.88. The van der Waals surface area contributed by atoms with Crippen LogP contribution in [0, 0.1) is 3.57 Å². The van der Waals surface area contributed by atoms with Crippen molar-refractivity contribution in [1.29, 1.82) is 0 Å². The van der Waals surface area contributed by atoms with Crippen LogP contribution in [0.4, 0.5) is 5.82 Å². The second-order valence-electron chi connectivity index (χ2n) is 2.52. The minimum atomic E-state index is 0.524. The summed E-state index contributed by atoms with van der Waals surface area (Å²) >= 11 is 7.13. The number of rotatable bonds is 1. The van der Waals surface area contributed by atoms with Crippen LogP contribution in [0.15, 0.2) is 22.1 Å². The van der Waals surface area contributed by atoms with E-state index in [2.05, 4.69) is 48.5 Å². The fourth-order valence-electron chi connectivity index (χ4n) is 0.943. The molecule has 2 heterocycles. The molecule has 0 saturated heterocycles. The van der Waals surface area contributed by atoms with E-state index in [9.17, 15) is 0 Å². The van der Waals surface area contributed by atoms with E-state index in [1.54, 1.807) is 17.5 Å². The van der Waals surface area contributed by atoms with E-state index >= 15 is 0 Å². The summed E-state index contributed by atoms with van der Waals surface area (Å²) in [4.78, 5) is 9.45. The first-order valence-corrected chi connectivity index (χ1v) is 6.45. The third-order valence-corrected chi connectivity index (χ3v) is 4.26. The summed E-state index contributed by atoms with van der Waals surface area (Å²) in [5, 5.41) is 1.98. The molecule has 2 rings (SSSR count). The summed E-state index contributed by atoms with van der Waals surface area (Å²) in [5.41, 5.74) is 5.71. The first kappa shape index (κ1) is 10.3. The molecule has 0 unspecified atom stereocenters. The predicted octanol–water partition coefficient (Wildman–Crippen LogP) is 3.15. The highest BCUT2D eigenvalue weighted by molar-refractivity contribution is 14.1. The second-order valence-corrected chi connectivity index (χ2v) is 5.46. The van der Waals surface area contributed by atoms with Gasteiger partial charge < -0.3 is 5.73 Å². The Bertz CT molecular complexity index is 471. The zero-order chi connectivity index (χ0) is 10.1. The van der Waals surface area contributed by atoms with E-state index in [1.165, 1.54) is 0 Å². The Morgan fingerprint density at radius 2 is 2.29 bits per heavy atom. The van der Waals surface area contributed by atoms with Crippen molar-refractivity contribution in [2.45, 2.75) is 0 Å². The first-order valence-electron chi connectivity index (χ1n) is 3.70. The lowest BCUT2D eigenvalue weighted by molar-refractivity contribution is 1.18. The van der Waals surface area contributed by atoms with Gasteiger partial charge in [0.15, 0.2) is 5.82 Å². The smallest absolute Gasteiger partial charge is 0.172 e. The van der Waals surface area contributed by atoms with Crippen molar-refractivity contribution in [3.8, 4) is 10.7 Å². The molecule has 3 nitrogen and oxygen atoms in total. The molecular formula is C8H5BrIN3S. The van der Waals surface area contributed by atoms with Gasteiger partial charge in [0.1, 0.15) is 5.82 Å². The number of hydrogen-bond donors (Lipinski definition) is 1. The number of hydrogen-bond acceptors (Lipinski definition) is 4. The van der Waals surface area contributed by atoms with Gasteiger partial charge in [0.25, 0.3) is 0 Å². The number of aromatic nitrogens is 2. The summed E-state index contributed by atoms with van der Waals surface area (Å²) in [6, 6.07) is 1.97. The van der Waals surface area contributed by atoms with Crippen LogP contribution >= 0.6 is 49.9 Å². The van der Waals surface area contributed by atoms with Crippen molar-refractivity contribution < 1.29 is 0 Å². The molecule has 0 aliphatic carbocycles. The summed E-state index contributed by atoms with van der Waals surface area (Å²) in [7, 11) is 0. The van der Waals surface area contributed by atoms with E-state index in [1.807, 2.05) is 11.4 Å². The third-order valence-electron chi connectivity index (χ3n) is 1.59. The molecule has 0 aliphatic heterocycles. The van der Waals surface area contributed by atoms with Gasteiger partial charge >= 0.3 is 0 Å². The molecular weight excluding hydrogens is 377 g/mol. The number of anilines is 1. The molecule has 0 aliphatic rings. The highest BCUT2D eigenvalue weighted by Gasteiger charge is 2.08. The van der Waals surface area contributed by atoms with Gasteiger partial charge in [-0.3, -0.25) is 0 Å². The number of thiophene rings is 1. The molecule has 0 amide bonds. The Labute approximate surface area is 107 Å². The van der Waals surface area contributed by atoms with Gasteiger partial charge in [-0.25, -0.2) is 9.97 Å². The maximum atomic E-state index is 5.71. The second kappa shape index (κ2) is 4.11. The van der Waals surface area contributed by atoms with E-state index < -0.39 is 0 Å². The Morgan fingerprint density at radius 3 is 2.86 bits per heavy atom. The average Bonchev–Trinajstić information content (AvgIpc) is 2.57. The molecule has 0 radical (unpaired) electrons. The zero-order valence-corrected chi connectivity index (χ0v) is 11.4. The maximum absolute atomic E-state index is 5.71.